The quantitative estimate of drug-likeness (QED) is 0.430. The number of hydrogen-bond donors (Lipinski definition) is 2. The Bertz CT molecular complexity index is 746. The molecule has 0 bridgehead atoms. The summed E-state index contributed by atoms with van der Waals surface area (Å²) in [6.07, 6.45) is 2.79. The number of hydrogen-bond acceptors (Lipinski definition) is 4. The van der Waals surface area contributed by atoms with Gasteiger partial charge in [0.15, 0.2) is 5.96 Å². The first-order valence-electron chi connectivity index (χ1n) is 12.2. The lowest BCUT2D eigenvalue weighted by Crippen LogP contribution is -2.51. The number of likely N-dealkylation sites (tertiary alicyclic amines) is 1. The molecule has 178 valence electrons. The van der Waals surface area contributed by atoms with Crippen LogP contribution in [0.15, 0.2) is 29.3 Å². The SMILES string of the molecule is CCNC(=NCc1ccccc1CN1CCCC1=O)NCC(CC(C)C)N1CCOCC1. The maximum atomic E-state index is 12.1. The number of ether oxygens (including phenoxy) is 1. The third kappa shape index (κ3) is 7.48. The molecule has 1 amide bonds. The monoisotopic (exact) mass is 443 g/mol. The summed E-state index contributed by atoms with van der Waals surface area (Å²) in [6.45, 7) is 14.1. The van der Waals surface area contributed by atoms with E-state index in [0.717, 1.165) is 64.7 Å². The average molecular weight is 444 g/mol. The Kier molecular flexibility index (Phi) is 9.81. The Labute approximate surface area is 193 Å². The van der Waals surface area contributed by atoms with Crippen molar-refractivity contribution in [3.05, 3.63) is 35.4 Å². The molecule has 2 saturated heterocycles. The van der Waals surface area contributed by atoms with E-state index in [1.807, 2.05) is 11.0 Å². The van der Waals surface area contributed by atoms with Crippen molar-refractivity contribution in [2.24, 2.45) is 10.9 Å². The van der Waals surface area contributed by atoms with E-state index < -0.39 is 0 Å². The Morgan fingerprint density at radius 2 is 1.88 bits per heavy atom. The highest BCUT2D eigenvalue weighted by Gasteiger charge is 2.23. The molecule has 2 N–H and O–H groups in total. The van der Waals surface area contributed by atoms with Gasteiger partial charge in [-0.1, -0.05) is 38.1 Å². The molecule has 7 heteroatoms. The molecule has 0 aromatic heterocycles. The van der Waals surface area contributed by atoms with E-state index in [1.54, 1.807) is 0 Å². The fourth-order valence-corrected chi connectivity index (χ4v) is 4.51. The van der Waals surface area contributed by atoms with Gasteiger partial charge in [0.05, 0.1) is 19.8 Å². The van der Waals surface area contributed by atoms with Gasteiger partial charge in [-0.2, -0.15) is 0 Å². The highest BCUT2D eigenvalue weighted by Crippen LogP contribution is 2.18. The van der Waals surface area contributed by atoms with E-state index in [4.69, 9.17) is 9.73 Å². The van der Waals surface area contributed by atoms with E-state index >= 15 is 0 Å². The molecule has 1 atom stereocenters. The molecule has 0 saturated carbocycles. The maximum Gasteiger partial charge on any atom is 0.222 e. The van der Waals surface area contributed by atoms with E-state index in [-0.39, 0.29) is 5.91 Å². The fourth-order valence-electron chi connectivity index (χ4n) is 4.51. The number of carbonyl (C=O) groups is 1. The van der Waals surface area contributed by atoms with E-state index in [0.29, 0.717) is 31.5 Å². The zero-order chi connectivity index (χ0) is 22.8. The van der Waals surface area contributed by atoms with Gasteiger partial charge in [-0.05, 0) is 36.8 Å². The van der Waals surface area contributed by atoms with Crippen molar-refractivity contribution >= 4 is 11.9 Å². The molecule has 7 nitrogen and oxygen atoms in total. The number of rotatable bonds is 10. The summed E-state index contributed by atoms with van der Waals surface area (Å²) in [4.78, 5) is 21.5. The van der Waals surface area contributed by atoms with E-state index in [1.165, 1.54) is 11.1 Å². The smallest absolute Gasteiger partial charge is 0.222 e. The van der Waals surface area contributed by atoms with Gasteiger partial charge in [-0.15, -0.1) is 0 Å². The Balaban J connectivity index is 1.63. The molecule has 2 aliphatic heterocycles. The molecule has 32 heavy (non-hydrogen) atoms. The van der Waals surface area contributed by atoms with Crippen molar-refractivity contribution in [1.29, 1.82) is 0 Å². The normalized spacial score (nSPS) is 18.9. The summed E-state index contributed by atoms with van der Waals surface area (Å²) >= 11 is 0. The van der Waals surface area contributed by atoms with Crippen LogP contribution in [0.5, 0.6) is 0 Å². The summed E-state index contributed by atoms with van der Waals surface area (Å²) in [5, 5.41) is 6.98. The average Bonchev–Trinajstić information content (AvgIpc) is 3.20. The number of aliphatic imine (C=N–C) groups is 1. The Morgan fingerprint density at radius 1 is 1.12 bits per heavy atom. The largest absolute Gasteiger partial charge is 0.379 e. The van der Waals surface area contributed by atoms with Crippen LogP contribution in [-0.2, 0) is 22.6 Å². The lowest BCUT2D eigenvalue weighted by Gasteiger charge is -2.35. The Morgan fingerprint density at radius 3 is 2.53 bits per heavy atom. The van der Waals surface area contributed by atoms with Crippen LogP contribution in [0.2, 0.25) is 0 Å². The number of carbonyl (C=O) groups excluding carboxylic acids is 1. The van der Waals surface area contributed by atoms with Crippen LogP contribution in [0.3, 0.4) is 0 Å². The second kappa shape index (κ2) is 12.8. The molecule has 2 fully saturated rings. The summed E-state index contributed by atoms with van der Waals surface area (Å²) in [6, 6.07) is 8.81. The van der Waals surface area contributed by atoms with Crippen molar-refractivity contribution in [1.82, 2.24) is 20.4 Å². The number of nitrogens with one attached hydrogen (secondary N) is 2. The van der Waals surface area contributed by atoms with Crippen molar-refractivity contribution in [3.63, 3.8) is 0 Å². The minimum Gasteiger partial charge on any atom is -0.379 e. The van der Waals surface area contributed by atoms with Crippen LogP contribution in [0.4, 0.5) is 0 Å². The molecule has 3 rings (SSSR count). The number of nitrogens with zero attached hydrogens (tertiary/aromatic N) is 3. The zero-order valence-corrected chi connectivity index (χ0v) is 20.1. The molecular formula is C25H41N5O2. The topological polar surface area (TPSA) is 69.2 Å². The van der Waals surface area contributed by atoms with E-state index in [2.05, 4.69) is 54.5 Å². The van der Waals surface area contributed by atoms with Gasteiger partial charge in [-0.25, -0.2) is 4.99 Å². The number of guanidine groups is 1. The lowest BCUT2D eigenvalue weighted by atomic mass is 10.0. The fraction of sp³-hybridized carbons (Fsp3) is 0.680. The van der Waals surface area contributed by atoms with Gasteiger partial charge in [0, 0.05) is 51.7 Å². The van der Waals surface area contributed by atoms with Crippen LogP contribution >= 0.6 is 0 Å². The summed E-state index contributed by atoms with van der Waals surface area (Å²) < 4.78 is 5.55. The van der Waals surface area contributed by atoms with Crippen LogP contribution in [0.1, 0.15) is 51.2 Å². The molecule has 1 unspecified atom stereocenters. The first kappa shape index (κ1) is 24.5. The molecule has 2 aliphatic rings. The molecule has 2 heterocycles. The van der Waals surface area contributed by atoms with Crippen LogP contribution < -0.4 is 10.6 Å². The Hall–Kier alpha value is -2.12. The first-order valence-corrected chi connectivity index (χ1v) is 12.2. The van der Waals surface area contributed by atoms with Crippen molar-refractivity contribution in [2.45, 2.75) is 59.2 Å². The maximum absolute atomic E-state index is 12.1. The number of amides is 1. The summed E-state index contributed by atoms with van der Waals surface area (Å²) in [5.74, 6) is 1.75. The molecule has 0 aliphatic carbocycles. The minimum absolute atomic E-state index is 0.262. The van der Waals surface area contributed by atoms with Crippen molar-refractivity contribution in [2.75, 3.05) is 45.9 Å². The third-order valence-electron chi connectivity index (χ3n) is 6.21. The highest BCUT2D eigenvalue weighted by molar-refractivity contribution is 5.80. The van der Waals surface area contributed by atoms with Gasteiger partial charge in [0.2, 0.25) is 5.91 Å². The first-order chi connectivity index (χ1) is 15.6. The molecule has 0 radical (unpaired) electrons. The minimum atomic E-state index is 0.262. The number of benzene rings is 1. The highest BCUT2D eigenvalue weighted by atomic mass is 16.5. The summed E-state index contributed by atoms with van der Waals surface area (Å²) in [5.41, 5.74) is 2.37. The van der Waals surface area contributed by atoms with Gasteiger partial charge in [0.25, 0.3) is 0 Å². The van der Waals surface area contributed by atoms with Crippen molar-refractivity contribution < 1.29 is 9.53 Å². The predicted octanol–water partition coefficient (Wildman–Crippen LogP) is 2.61. The van der Waals surface area contributed by atoms with Crippen molar-refractivity contribution in [3.8, 4) is 0 Å². The van der Waals surface area contributed by atoms with Crippen LogP contribution in [0, 0.1) is 5.92 Å². The predicted molar refractivity (Wildman–Crippen MR) is 130 cm³/mol. The molecule has 1 aromatic carbocycles. The molecular weight excluding hydrogens is 402 g/mol. The van der Waals surface area contributed by atoms with Gasteiger partial charge in [0.1, 0.15) is 0 Å². The number of morpholine rings is 1. The van der Waals surface area contributed by atoms with Crippen LogP contribution in [-0.4, -0.2) is 73.6 Å². The second-order valence-electron chi connectivity index (χ2n) is 9.20. The lowest BCUT2D eigenvalue weighted by molar-refractivity contribution is -0.128. The van der Waals surface area contributed by atoms with Gasteiger partial charge in [-0.3, -0.25) is 9.69 Å². The summed E-state index contributed by atoms with van der Waals surface area (Å²) in [7, 11) is 0. The van der Waals surface area contributed by atoms with Gasteiger partial charge < -0.3 is 20.3 Å². The van der Waals surface area contributed by atoms with Crippen LogP contribution in [0.25, 0.3) is 0 Å². The standard InChI is InChI=1S/C25H41N5O2/c1-4-26-25(28-18-23(16-20(2)3)29-12-14-32-15-13-29)27-17-21-8-5-6-9-22(21)19-30-11-7-10-24(30)31/h5-6,8-9,20,23H,4,7,10-19H2,1-3H3,(H2,26,27,28). The molecule has 1 aromatic rings. The second-order valence-corrected chi connectivity index (χ2v) is 9.20. The van der Waals surface area contributed by atoms with Gasteiger partial charge >= 0.3 is 0 Å². The molecule has 0 spiro atoms. The zero-order valence-electron chi connectivity index (χ0n) is 20.1. The van der Waals surface area contributed by atoms with E-state index in [9.17, 15) is 4.79 Å². The third-order valence-corrected chi connectivity index (χ3v) is 6.21.